The molecule has 0 fully saturated rings. The van der Waals surface area contributed by atoms with E-state index < -0.39 is 6.04 Å². The van der Waals surface area contributed by atoms with E-state index in [-0.39, 0.29) is 17.1 Å². The monoisotopic (exact) mass is 440 g/mol. The van der Waals surface area contributed by atoms with Gasteiger partial charge in [-0.15, -0.1) is 0 Å². The number of carbonyl (C=O) groups is 1. The van der Waals surface area contributed by atoms with Gasteiger partial charge in [-0.2, -0.15) is 0 Å². The minimum atomic E-state index is -0.445. The predicted octanol–water partition coefficient (Wildman–Crippen LogP) is 5.24. The average Bonchev–Trinajstić information content (AvgIpc) is 2.68. The lowest BCUT2D eigenvalue weighted by Crippen LogP contribution is -2.49. The molecular weight excluding hydrogens is 412 g/mol. The summed E-state index contributed by atoms with van der Waals surface area (Å²) in [5, 5.41) is 4.12. The Labute approximate surface area is 187 Å². The van der Waals surface area contributed by atoms with Crippen molar-refractivity contribution in [1.29, 1.82) is 0 Å². The summed E-state index contributed by atoms with van der Waals surface area (Å²) in [5.41, 5.74) is 1.59. The molecular formula is C24H29ClN4O2. The molecule has 7 heteroatoms. The van der Waals surface area contributed by atoms with E-state index in [1.54, 1.807) is 21.6 Å². The first-order valence-electron chi connectivity index (χ1n) is 10.4. The second kappa shape index (κ2) is 8.71. The van der Waals surface area contributed by atoms with Crippen molar-refractivity contribution in [3.63, 3.8) is 0 Å². The topological polar surface area (TPSA) is 67.2 Å². The van der Waals surface area contributed by atoms with Crippen LogP contribution in [0.25, 0.3) is 16.6 Å². The van der Waals surface area contributed by atoms with Gasteiger partial charge < -0.3 is 10.2 Å². The summed E-state index contributed by atoms with van der Waals surface area (Å²) in [5.74, 6) is 0.500. The second-order valence-electron chi connectivity index (χ2n) is 8.70. The molecule has 0 saturated carbocycles. The van der Waals surface area contributed by atoms with Gasteiger partial charge in [-0.05, 0) is 77.4 Å². The average molecular weight is 441 g/mol. The fourth-order valence-corrected chi connectivity index (χ4v) is 3.88. The molecule has 0 aliphatic rings. The number of amides is 2. The van der Waals surface area contributed by atoms with Crippen molar-refractivity contribution in [2.24, 2.45) is 0 Å². The van der Waals surface area contributed by atoms with Crippen LogP contribution in [0.5, 0.6) is 0 Å². The Balaban J connectivity index is 2.25. The number of benzene rings is 2. The maximum atomic E-state index is 13.6. The van der Waals surface area contributed by atoms with Gasteiger partial charge >= 0.3 is 6.03 Å². The standard InChI is InChI=1S/C24H29ClN4O2/c1-7-28(23(31)27-24(4,5)6)16(3)21-26-19-11-9-8-10-18(19)22(30)29(21)20-13-12-17(25)14-15(20)2/h8-14,16H,7H2,1-6H3,(H,27,31). The quantitative estimate of drug-likeness (QED) is 0.603. The molecule has 1 heterocycles. The van der Waals surface area contributed by atoms with Gasteiger partial charge in [-0.1, -0.05) is 23.7 Å². The Hall–Kier alpha value is -2.86. The number of carbonyl (C=O) groups excluding carboxylic acids is 1. The zero-order valence-corrected chi connectivity index (χ0v) is 19.6. The Morgan fingerprint density at radius 3 is 2.52 bits per heavy atom. The molecule has 0 saturated heterocycles. The van der Waals surface area contributed by atoms with Gasteiger partial charge in [0.05, 0.1) is 22.6 Å². The fraction of sp³-hybridized carbons (Fsp3) is 0.375. The number of para-hydroxylation sites is 1. The van der Waals surface area contributed by atoms with E-state index in [0.717, 1.165) is 5.56 Å². The lowest BCUT2D eigenvalue weighted by molar-refractivity contribution is 0.171. The molecule has 1 atom stereocenters. The van der Waals surface area contributed by atoms with E-state index in [1.165, 1.54) is 0 Å². The largest absolute Gasteiger partial charge is 0.333 e. The van der Waals surface area contributed by atoms with Crippen molar-refractivity contribution in [3.8, 4) is 5.69 Å². The molecule has 0 spiro atoms. The van der Waals surface area contributed by atoms with Gasteiger partial charge in [0.15, 0.2) is 0 Å². The molecule has 164 valence electrons. The third-order valence-electron chi connectivity index (χ3n) is 5.13. The van der Waals surface area contributed by atoms with Gasteiger partial charge in [0, 0.05) is 17.1 Å². The maximum Gasteiger partial charge on any atom is 0.318 e. The Kier molecular flexibility index (Phi) is 6.41. The van der Waals surface area contributed by atoms with Crippen LogP contribution in [0.1, 0.15) is 52.0 Å². The zero-order chi connectivity index (χ0) is 22.9. The van der Waals surface area contributed by atoms with Crippen LogP contribution in [-0.2, 0) is 0 Å². The molecule has 31 heavy (non-hydrogen) atoms. The number of aromatic nitrogens is 2. The number of aryl methyl sites for hydroxylation is 1. The summed E-state index contributed by atoms with van der Waals surface area (Å²) in [4.78, 5) is 33.1. The number of rotatable bonds is 4. The molecule has 3 aromatic rings. The van der Waals surface area contributed by atoms with Gasteiger partial charge in [-0.25, -0.2) is 9.78 Å². The number of urea groups is 1. The maximum absolute atomic E-state index is 13.6. The van der Waals surface area contributed by atoms with E-state index in [4.69, 9.17) is 16.6 Å². The van der Waals surface area contributed by atoms with Crippen molar-refractivity contribution >= 4 is 28.5 Å². The van der Waals surface area contributed by atoms with E-state index in [0.29, 0.717) is 34.0 Å². The molecule has 0 bridgehead atoms. The Bertz CT molecular complexity index is 1180. The van der Waals surface area contributed by atoms with Crippen LogP contribution < -0.4 is 10.9 Å². The van der Waals surface area contributed by atoms with Gasteiger partial charge in [-0.3, -0.25) is 9.36 Å². The Morgan fingerprint density at radius 1 is 1.23 bits per heavy atom. The first kappa shape index (κ1) is 22.8. The number of nitrogens with one attached hydrogen (secondary N) is 1. The summed E-state index contributed by atoms with van der Waals surface area (Å²) in [7, 11) is 0. The second-order valence-corrected chi connectivity index (χ2v) is 9.14. The number of hydrogen-bond acceptors (Lipinski definition) is 3. The van der Waals surface area contributed by atoms with Crippen molar-refractivity contribution in [1.82, 2.24) is 19.8 Å². The van der Waals surface area contributed by atoms with Gasteiger partial charge in [0.25, 0.3) is 5.56 Å². The summed E-state index contributed by atoms with van der Waals surface area (Å²) in [6, 6.07) is 12.0. The van der Waals surface area contributed by atoms with Crippen LogP contribution in [0.4, 0.5) is 4.79 Å². The summed E-state index contributed by atoms with van der Waals surface area (Å²) in [6.07, 6.45) is 0. The first-order chi connectivity index (χ1) is 14.5. The van der Waals surface area contributed by atoms with E-state index >= 15 is 0 Å². The number of fused-ring (bicyclic) bond motifs is 1. The normalized spacial score (nSPS) is 12.6. The molecule has 3 rings (SSSR count). The van der Waals surface area contributed by atoms with E-state index in [9.17, 15) is 9.59 Å². The smallest absolute Gasteiger partial charge is 0.318 e. The number of nitrogens with zero attached hydrogens (tertiary/aromatic N) is 3. The predicted molar refractivity (Wildman–Crippen MR) is 126 cm³/mol. The van der Waals surface area contributed by atoms with Crippen molar-refractivity contribution in [2.75, 3.05) is 6.54 Å². The van der Waals surface area contributed by atoms with Crippen molar-refractivity contribution < 1.29 is 4.79 Å². The minimum absolute atomic E-state index is 0.176. The van der Waals surface area contributed by atoms with Crippen LogP contribution in [0.2, 0.25) is 5.02 Å². The number of hydrogen-bond donors (Lipinski definition) is 1. The summed E-state index contributed by atoms with van der Waals surface area (Å²) >= 11 is 6.15. The first-order valence-corrected chi connectivity index (χ1v) is 10.8. The molecule has 0 aliphatic carbocycles. The van der Waals surface area contributed by atoms with E-state index in [2.05, 4.69) is 5.32 Å². The fourth-order valence-electron chi connectivity index (χ4n) is 3.66. The SMILES string of the molecule is CCN(C(=O)NC(C)(C)C)C(C)c1nc2ccccc2c(=O)n1-c1ccc(Cl)cc1C. The van der Waals surface area contributed by atoms with Crippen molar-refractivity contribution in [2.45, 2.75) is 53.1 Å². The molecule has 6 nitrogen and oxygen atoms in total. The van der Waals surface area contributed by atoms with Crippen LogP contribution in [0.3, 0.4) is 0 Å². The van der Waals surface area contributed by atoms with Crippen LogP contribution in [-0.4, -0.2) is 32.6 Å². The summed E-state index contributed by atoms with van der Waals surface area (Å²) < 4.78 is 1.60. The number of halogens is 1. The molecule has 0 radical (unpaired) electrons. The molecule has 2 aromatic carbocycles. The van der Waals surface area contributed by atoms with Crippen molar-refractivity contribution in [3.05, 3.63) is 69.2 Å². The molecule has 1 unspecified atom stereocenters. The van der Waals surface area contributed by atoms with Crippen LogP contribution in [0.15, 0.2) is 47.3 Å². The zero-order valence-electron chi connectivity index (χ0n) is 18.9. The van der Waals surface area contributed by atoms with Gasteiger partial charge in [0.1, 0.15) is 5.82 Å². The third kappa shape index (κ3) is 4.74. The highest BCUT2D eigenvalue weighted by atomic mass is 35.5. The summed E-state index contributed by atoms with van der Waals surface area (Å²) in [6.45, 7) is 12.0. The van der Waals surface area contributed by atoms with Crippen LogP contribution in [0, 0.1) is 6.92 Å². The third-order valence-corrected chi connectivity index (χ3v) is 5.36. The minimum Gasteiger partial charge on any atom is -0.333 e. The lowest BCUT2D eigenvalue weighted by atomic mass is 10.1. The van der Waals surface area contributed by atoms with Gasteiger partial charge in [0.2, 0.25) is 0 Å². The molecule has 2 amide bonds. The highest BCUT2D eigenvalue weighted by Gasteiger charge is 2.28. The highest BCUT2D eigenvalue weighted by molar-refractivity contribution is 6.30. The molecule has 1 N–H and O–H groups in total. The lowest BCUT2D eigenvalue weighted by Gasteiger charge is -2.32. The Morgan fingerprint density at radius 2 is 1.90 bits per heavy atom. The highest BCUT2D eigenvalue weighted by Crippen LogP contribution is 2.26. The van der Waals surface area contributed by atoms with Crippen LogP contribution >= 0.6 is 11.6 Å². The van der Waals surface area contributed by atoms with E-state index in [1.807, 2.05) is 71.9 Å². The molecule has 0 aliphatic heterocycles. The molecule has 1 aromatic heterocycles.